The number of esters is 2. The third-order valence-electron chi connectivity index (χ3n) is 5.93. The molecule has 0 amide bonds. The maximum Gasteiger partial charge on any atom is 0.330 e. The van der Waals surface area contributed by atoms with Crippen LogP contribution >= 0.6 is 15.9 Å². The SMILES string of the molecule is CC[C@]1(C(=O)c2ccc(F)cc2)[C@H]2c3cc(Br)ccc3OC(=O)[C@@]21C(=O)OC. The average molecular weight is 447 g/mol. The highest BCUT2D eigenvalue weighted by molar-refractivity contribution is 9.10. The quantitative estimate of drug-likeness (QED) is 0.306. The van der Waals surface area contributed by atoms with Crippen molar-refractivity contribution in [1.29, 1.82) is 0 Å². The molecule has 2 aromatic carbocycles. The van der Waals surface area contributed by atoms with Gasteiger partial charge in [0.05, 0.1) is 12.5 Å². The summed E-state index contributed by atoms with van der Waals surface area (Å²) in [6.45, 7) is 1.75. The van der Waals surface area contributed by atoms with Crippen molar-refractivity contribution in [2.75, 3.05) is 7.11 Å². The molecule has 5 nitrogen and oxygen atoms in total. The van der Waals surface area contributed by atoms with Gasteiger partial charge in [-0.05, 0) is 48.9 Å². The fourth-order valence-corrected chi connectivity index (χ4v) is 5.09. The van der Waals surface area contributed by atoms with Gasteiger partial charge in [-0.1, -0.05) is 22.9 Å². The minimum atomic E-state index is -1.75. The van der Waals surface area contributed by atoms with Crippen molar-refractivity contribution in [3.63, 3.8) is 0 Å². The van der Waals surface area contributed by atoms with E-state index in [1.807, 2.05) is 0 Å². The van der Waals surface area contributed by atoms with E-state index in [1.165, 1.54) is 31.4 Å². The molecule has 7 heteroatoms. The summed E-state index contributed by atoms with van der Waals surface area (Å²) in [6, 6.07) is 10.2. The van der Waals surface area contributed by atoms with Gasteiger partial charge in [0.1, 0.15) is 11.6 Å². The van der Waals surface area contributed by atoms with E-state index in [2.05, 4.69) is 15.9 Å². The second-order valence-electron chi connectivity index (χ2n) is 6.97. The maximum atomic E-state index is 13.6. The van der Waals surface area contributed by atoms with Gasteiger partial charge < -0.3 is 9.47 Å². The Hall–Kier alpha value is -2.54. The van der Waals surface area contributed by atoms with Crippen molar-refractivity contribution < 1.29 is 28.2 Å². The molecule has 3 atom stereocenters. The van der Waals surface area contributed by atoms with Crippen LogP contribution in [-0.4, -0.2) is 24.8 Å². The van der Waals surface area contributed by atoms with Gasteiger partial charge in [0.2, 0.25) is 0 Å². The highest BCUT2D eigenvalue weighted by atomic mass is 79.9. The zero-order valence-electron chi connectivity index (χ0n) is 15.1. The van der Waals surface area contributed by atoms with Crippen molar-refractivity contribution in [3.8, 4) is 5.75 Å². The molecule has 0 saturated heterocycles. The number of carbonyl (C=O) groups excluding carboxylic acids is 3. The number of halogens is 2. The Bertz CT molecular complexity index is 1020. The largest absolute Gasteiger partial charge is 0.468 e. The lowest BCUT2D eigenvalue weighted by Gasteiger charge is -2.22. The van der Waals surface area contributed by atoms with Crippen LogP contribution in [0.2, 0.25) is 0 Å². The van der Waals surface area contributed by atoms with Crippen LogP contribution in [0.5, 0.6) is 5.75 Å². The van der Waals surface area contributed by atoms with Gasteiger partial charge in [0.15, 0.2) is 11.2 Å². The first-order chi connectivity index (χ1) is 13.3. The number of methoxy groups -OCH3 is 1. The molecule has 1 saturated carbocycles. The van der Waals surface area contributed by atoms with Gasteiger partial charge in [-0.25, -0.2) is 4.39 Å². The van der Waals surface area contributed by atoms with Crippen LogP contribution in [0.25, 0.3) is 0 Å². The molecule has 0 radical (unpaired) electrons. The Balaban J connectivity index is 1.95. The maximum absolute atomic E-state index is 13.6. The van der Waals surface area contributed by atoms with Gasteiger partial charge in [-0.3, -0.25) is 14.4 Å². The van der Waals surface area contributed by atoms with E-state index in [9.17, 15) is 18.8 Å². The number of benzene rings is 2. The zero-order valence-corrected chi connectivity index (χ0v) is 16.7. The van der Waals surface area contributed by atoms with E-state index in [0.717, 1.165) is 4.47 Å². The fourth-order valence-electron chi connectivity index (χ4n) is 4.71. The first-order valence-corrected chi connectivity index (χ1v) is 9.54. The van der Waals surface area contributed by atoms with E-state index in [1.54, 1.807) is 25.1 Å². The van der Waals surface area contributed by atoms with Crippen LogP contribution < -0.4 is 4.74 Å². The van der Waals surface area contributed by atoms with Gasteiger partial charge in [0, 0.05) is 21.5 Å². The number of rotatable bonds is 4. The Kier molecular flexibility index (Phi) is 4.19. The Morgan fingerprint density at radius 3 is 2.50 bits per heavy atom. The minimum absolute atomic E-state index is 0.212. The van der Waals surface area contributed by atoms with Crippen LogP contribution in [0.4, 0.5) is 4.39 Å². The molecule has 28 heavy (non-hydrogen) atoms. The molecule has 1 fully saturated rings. The summed E-state index contributed by atoms with van der Waals surface area (Å²) in [4.78, 5) is 39.4. The average Bonchev–Trinajstić information content (AvgIpc) is 3.35. The molecule has 1 aliphatic carbocycles. The predicted molar refractivity (Wildman–Crippen MR) is 100 cm³/mol. The molecule has 2 aromatic rings. The summed E-state index contributed by atoms with van der Waals surface area (Å²) in [5.41, 5.74) is -2.29. The molecular formula is C21H16BrFO5. The summed E-state index contributed by atoms with van der Waals surface area (Å²) in [5, 5.41) is 0. The van der Waals surface area contributed by atoms with Gasteiger partial charge >= 0.3 is 11.9 Å². The number of ketones is 1. The second kappa shape index (κ2) is 6.24. The number of fused-ring (bicyclic) bond motifs is 3. The normalized spacial score (nSPS) is 27.3. The molecule has 2 aliphatic rings. The van der Waals surface area contributed by atoms with Crippen molar-refractivity contribution in [2.24, 2.45) is 10.8 Å². The van der Waals surface area contributed by atoms with E-state index in [0.29, 0.717) is 11.3 Å². The molecule has 0 spiro atoms. The smallest absolute Gasteiger partial charge is 0.330 e. The van der Waals surface area contributed by atoms with Crippen LogP contribution in [0.15, 0.2) is 46.9 Å². The van der Waals surface area contributed by atoms with E-state index in [-0.39, 0.29) is 12.0 Å². The molecule has 4 rings (SSSR count). The molecule has 0 aromatic heterocycles. The summed E-state index contributed by atoms with van der Waals surface area (Å²) >= 11 is 3.39. The molecule has 0 bridgehead atoms. The molecule has 1 aliphatic heterocycles. The lowest BCUT2D eigenvalue weighted by molar-refractivity contribution is -0.160. The van der Waals surface area contributed by atoms with Crippen molar-refractivity contribution in [2.45, 2.75) is 19.3 Å². The van der Waals surface area contributed by atoms with E-state index < -0.39 is 40.3 Å². The van der Waals surface area contributed by atoms with Gasteiger partial charge in [-0.15, -0.1) is 0 Å². The Morgan fingerprint density at radius 1 is 1.21 bits per heavy atom. The highest BCUT2D eigenvalue weighted by Crippen LogP contribution is 2.80. The monoisotopic (exact) mass is 446 g/mol. The van der Waals surface area contributed by atoms with Crippen molar-refractivity contribution in [3.05, 3.63) is 63.9 Å². The number of hydrogen-bond donors (Lipinski definition) is 0. The summed E-state index contributed by atoms with van der Waals surface area (Å²) in [7, 11) is 1.18. The number of carbonyl (C=O) groups is 3. The highest BCUT2D eigenvalue weighted by Gasteiger charge is 2.90. The number of hydrogen-bond acceptors (Lipinski definition) is 5. The van der Waals surface area contributed by atoms with Crippen LogP contribution in [-0.2, 0) is 14.3 Å². The van der Waals surface area contributed by atoms with Crippen molar-refractivity contribution >= 4 is 33.7 Å². The first-order valence-electron chi connectivity index (χ1n) is 8.75. The van der Waals surface area contributed by atoms with Crippen molar-refractivity contribution in [1.82, 2.24) is 0 Å². The summed E-state index contributed by atoms with van der Waals surface area (Å²) in [5.74, 6) is -2.88. The van der Waals surface area contributed by atoms with E-state index in [4.69, 9.17) is 9.47 Å². The lowest BCUT2D eigenvalue weighted by atomic mass is 9.83. The molecular weight excluding hydrogens is 431 g/mol. The van der Waals surface area contributed by atoms with Crippen LogP contribution in [0.1, 0.15) is 35.2 Å². The van der Waals surface area contributed by atoms with Crippen LogP contribution in [0.3, 0.4) is 0 Å². The Labute approximate surface area is 169 Å². The standard InChI is InChI=1S/C21H16BrFO5/c1-3-20(17(24)11-4-7-13(23)8-5-11)16-14-10-12(22)6-9-15(14)28-19(26)21(16,20)18(25)27-2/h4-10,16H,3H2,1-2H3/t16-,20-,21+/m1/s1. The first kappa shape index (κ1) is 18.8. The zero-order chi connectivity index (χ0) is 20.3. The Morgan fingerprint density at radius 2 is 1.89 bits per heavy atom. The van der Waals surface area contributed by atoms with Crippen LogP contribution in [0, 0.1) is 16.6 Å². The van der Waals surface area contributed by atoms with E-state index >= 15 is 0 Å². The predicted octanol–water partition coefficient (Wildman–Crippen LogP) is 4.04. The molecule has 0 unspecified atom stereocenters. The van der Waals surface area contributed by atoms with Gasteiger partial charge in [-0.2, -0.15) is 0 Å². The number of ether oxygens (including phenoxy) is 2. The second-order valence-corrected chi connectivity index (χ2v) is 7.88. The molecule has 1 heterocycles. The topological polar surface area (TPSA) is 69.7 Å². The lowest BCUT2D eigenvalue weighted by Crippen LogP contribution is -2.40. The summed E-state index contributed by atoms with van der Waals surface area (Å²) in [6.07, 6.45) is 0.212. The molecule has 144 valence electrons. The minimum Gasteiger partial charge on any atom is -0.468 e. The third-order valence-corrected chi connectivity index (χ3v) is 6.42. The summed E-state index contributed by atoms with van der Waals surface area (Å²) < 4.78 is 24.5. The molecule has 0 N–H and O–H groups in total. The van der Waals surface area contributed by atoms with Gasteiger partial charge in [0.25, 0.3) is 0 Å². The fraction of sp³-hybridized carbons (Fsp3) is 0.286. The third kappa shape index (κ3) is 2.13. The number of Topliss-reactive ketones (excluding diaryl/α,β-unsaturated/α-hetero) is 1.